The Morgan fingerprint density at radius 2 is 1.71 bits per heavy atom. The van der Waals surface area contributed by atoms with Crippen molar-refractivity contribution >= 4 is 29.2 Å². The number of aryl methyl sites for hydroxylation is 1. The van der Waals surface area contributed by atoms with Gasteiger partial charge in [0.1, 0.15) is 10.7 Å². The van der Waals surface area contributed by atoms with E-state index in [-0.39, 0.29) is 16.1 Å². The maximum atomic E-state index is 12.6. The molecule has 1 N–H and O–H groups in total. The molecule has 31 heavy (non-hydrogen) atoms. The van der Waals surface area contributed by atoms with E-state index in [2.05, 4.69) is 31.2 Å². The van der Waals surface area contributed by atoms with Gasteiger partial charge in [-0.25, -0.2) is 9.48 Å². The van der Waals surface area contributed by atoms with Crippen molar-refractivity contribution in [1.82, 2.24) is 9.78 Å². The Kier molecular flexibility index (Phi) is 6.81. The maximum Gasteiger partial charge on any atom is 0.343 e. The van der Waals surface area contributed by atoms with Crippen LogP contribution in [0.2, 0.25) is 5.15 Å². The van der Waals surface area contributed by atoms with E-state index in [1.165, 1.54) is 0 Å². The van der Waals surface area contributed by atoms with Gasteiger partial charge in [-0.1, -0.05) is 80.9 Å². The van der Waals surface area contributed by atoms with Gasteiger partial charge in [-0.15, -0.1) is 0 Å². The predicted octanol–water partition coefficient (Wildman–Crippen LogP) is 4.99. The van der Waals surface area contributed by atoms with Crippen molar-refractivity contribution in [3.05, 3.63) is 82.1 Å². The number of nitrogens with one attached hydrogen (secondary N) is 1. The van der Waals surface area contributed by atoms with Crippen LogP contribution in [0.15, 0.2) is 54.6 Å². The van der Waals surface area contributed by atoms with Gasteiger partial charge in [-0.2, -0.15) is 5.10 Å². The minimum atomic E-state index is -0.680. The van der Waals surface area contributed by atoms with Gasteiger partial charge in [-0.05, 0) is 29.5 Å². The van der Waals surface area contributed by atoms with Crippen LogP contribution in [0.1, 0.15) is 48.0 Å². The zero-order valence-electron chi connectivity index (χ0n) is 18.1. The number of ether oxygens (including phenoxy) is 1. The minimum Gasteiger partial charge on any atom is -0.452 e. The number of aromatic nitrogens is 2. The molecular formula is C24H26ClN3O3. The fourth-order valence-electron chi connectivity index (χ4n) is 3.28. The molecule has 0 radical (unpaired) electrons. The van der Waals surface area contributed by atoms with Crippen LogP contribution >= 0.6 is 11.6 Å². The van der Waals surface area contributed by atoms with Crippen LogP contribution in [0.4, 0.5) is 5.69 Å². The second-order valence-electron chi connectivity index (χ2n) is 8.31. The first-order valence-corrected chi connectivity index (χ1v) is 10.4. The van der Waals surface area contributed by atoms with E-state index < -0.39 is 18.5 Å². The van der Waals surface area contributed by atoms with Crippen LogP contribution in [-0.2, 0) is 21.5 Å². The fourth-order valence-corrected chi connectivity index (χ4v) is 3.59. The van der Waals surface area contributed by atoms with E-state index in [0.717, 1.165) is 11.1 Å². The molecule has 7 heteroatoms. The van der Waals surface area contributed by atoms with Crippen LogP contribution in [0, 0.1) is 6.92 Å². The number of para-hydroxylation sites is 1. The molecule has 6 nitrogen and oxygen atoms in total. The summed E-state index contributed by atoms with van der Waals surface area (Å²) in [7, 11) is 0. The van der Waals surface area contributed by atoms with Crippen molar-refractivity contribution in [3.8, 4) is 0 Å². The summed E-state index contributed by atoms with van der Waals surface area (Å²) in [6.07, 6.45) is 0. The average molecular weight is 440 g/mol. The van der Waals surface area contributed by atoms with E-state index in [4.69, 9.17) is 16.3 Å². The number of anilines is 1. The largest absolute Gasteiger partial charge is 0.452 e. The number of benzene rings is 2. The van der Waals surface area contributed by atoms with Gasteiger partial charge >= 0.3 is 5.97 Å². The molecular weight excluding hydrogens is 414 g/mol. The summed E-state index contributed by atoms with van der Waals surface area (Å²) in [5.74, 6) is -1.10. The highest BCUT2D eigenvalue weighted by Gasteiger charge is 2.23. The SMILES string of the molecule is Cc1nn(Cc2ccccc2)c(Cl)c1C(=O)OCC(=O)Nc1ccccc1C(C)(C)C. The summed E-state index contributed by atoms with van der Waals surface area (Å²) in [4.78, 5) is 25.0. The zero-order valence-corrected chi connectivity index (χ0v) is 18.9. The molecule has 0 aliphatic rings. The summed E-state index contributed by atoms with van der Waals surface area (Å²) in [5, 5.41) is 7.35. The molecule has 0 spiro atoms. The molecule has 0 bridgehead atoms. The lowest BCUT2D eigenvalue weighted by Crippen LogP contribution is -2.23. The number of esters is 1. The molecule has 3 rings (SSSR count). The lowest BCUT2D eigenvalue weighted by molar-refractivity contribution is -0.119. The number of halogens is 1. The van der Waals surface area contributed by atoms with Crippen molar-refractivity contribution in [2.75, 3.05) is 11.9 Å². The van der Waals surface area contributed by atoms with Gasteiger partial charge < -0.3 is 10.1 Å². The van der Waals surface area contributed by atoms with Gasteiger partial charge in [-0.3, -0.25) is 4.79 Å². The number of hydrogen-bond donors (Lipinski definition) is 1. The average Bonchev–Trinajstić information content (AvgIpc) is 2.99. The number of rotatable bonds is 6. The quantitative estimate of drug-likeness (QED) is 0.549. The van der Waals surface area contributed by atoms with Gasteiger partial charge in [0, 0.05) is 5.69 Å². The van der Waals surface area contributed by atoms with Crippen molar-refractivity contribution in [2.45, 2.75) is 39.7 Å². The summed E-state index contributed by atoms with van der Waals surface area (Å²) >= 11 is 6.39. The van der Waals surface area contributed by atoms with Crippen molar-refractivity contribution in [2.24, 2.45) is 0 Å². The molecule has 3 aromatic rings. The summed E-state index contributed by atoms with van der Waals surface area (Å²) in [5.41, 5.74) is 3.17. The molecule has 0 saturated carbocycles. The highest BCUT2D eigenvalue weighted by atomic mass is 35.5. The Labute approximate surface area is 187 Å². The second kappa shape index (κ2) is 9.35. The first-order valence-electron chi connectivity index (χ1n) is 10.00. The zero-order chi connectivity index (χ0) is 22.6. The molecule has 1 heterocycles. The monoisotopic (exact) mass is 439 g/mol. The molecule has 0 fully saturated rings. The number of carbonyl (C=O) groups excluding carboxylic acids is 2. The Morgan fingerprint density at radius 3 is 2.39 bits per heavy atom. The topological polar surface area (TPSA) is 73.2 Å². The van der Waals surface area contributed by atoms with Crippen LogP contribution in [0.25, 0.3) is 0 Å². The molecule has 0 atom stereocenters. The third kappa shape index (κ3) is 5.52. The third-order valence-electron chi connectivity index (χ3n) is 4.79. The van der Waals surface area contributed by atoms with Gasteiger partial charge in [0.2, 0.25) is 0 Å². The maximum absolute atomic E-state index is 12.6. The Balaban J connectivity index is 1.66. The van der Waals surface area contributed by atoms with Gasteiger partial charge in [0.25, 0.3) is 5.91 Å². The highest BCUT2D eigenvalue weighted by molar-refractivity contribution is 6.32. The van der Waals surface area contributed by atoms with E-state index in [0.29, 0.717) is 17.9 Å². The number of amides is 1. The van der Waals surface area contributed by atoms with E-state index in [1.807, 2.05) is 54.6 Å². The van der Waals surface area contributed by atoms with Crippen molar-refractivity contribution < 1.29 is 14.3 Å². The summed E-state index contributed by atoms with van der Waals surface area (Å²) < 4.78 is 6.77. The predicted molar refractivity (Wildman–Crippen MR) is 122 cm³/mol. The third-order valence-corrected chi connectivity index (χ3v) is 5.17. The number of carbonyl (C=O) groups is 2. The van der Waals surface area contributed by atoms with Crippen LogP contribution < -0.4 is 5.32 Å². The first-order chi connectivity index (χ1) is 14.7. The number of hydrogen-bond acceptors (Lipinski definition) is 4. The Morgan fingerprint density at radius 1 is 1.06 bits per heavy atom. The molecule has 0 unspecified atom stereocenters. The van der Waals surface area contributed by atoms with E-state index in [1.54, 1.807) is 11.6 Å². The normalized spacial score (nSPS) is 11.3. The molecule has 0 aliphatic carbocycles. The Bertz CT molecular complexity index is 1090. The molecule has 2 aromatic carbocycles. The summed E-state index contributed by atoms with van der Waals surface area (Å²) in [6.45, 7) is 7.89. The summed E-state index contributed by atoms with van der Waals surface area (Å²) in [6, 6.07) is 17.2. The minimum absolute atomic E-state index is 0.140. The number of nitrogens with zero attached hydrogens (tertiary/aromatic N) is 2. The fraction of sp³-hybridized carbons (Fsp3) is 0.292. The van der Waals surface area contributed by atoms with Crippen LogP contribution in [-0.4, -0.2) is 28.3 Å². The van der Waals surface area contributed by atoms with Crippen molar-refractivity contribution in [3.63, 3.8) is 0 Å². The molecule has 0 aliphatic heterocycles. The van der Waals surface area contributed by atoms with Crippen molar-refractivity contribution in [1.29, 1.82) is 0 Å². The second-order valence-corrected chi connectivity index (χ2v) is 8.67. The van der Waals surface area contributed by atoms with Crippen LogP contribution in [0.5, 0.6) is 0 Å². The van der Waals surface area contributed by atoms with E-state index >= 15 is 0 Å². The molecule has 1 amide bonds. The van der Waals surface area contributed by atoms with Crippen LogP contribution in [0.3, 0.4) is 0 Å². The molecule has 1 aromatic heterocycles. The van der Waals surface area contributed by atoms with E-state index in [9.17, 15) is 9.59 Å². The molecule has 0 saturated heterocycles. The molecule has 162 valence electrons. The highest BCUT2D eigenvalue weighted by Crippen LogP contribution is 2.29. The lowest BCUT2D eigenvalue weighted by Gasteiger charge is -2.22. The lowest BCUT2D eigenvalue weighted by atomic mass is 9.86. The van der Waals surface area contributed by atoms with Gasteiger partial charge in [0.15, 0.2) is 6.61 Å². The standard InChI is InChI=1S/C24H26ClN3O3/c1-16-21(22(25)28(27-16)14-17-10-6-5-7-11-17)23(30)31-15-20(29)26-19-13-9-8-12-18(19)24(2,3)4/h5-13H,14-15H2,1-4H3,(H,26,29). The smallest absolute Gasteiger partial charge is 0.343 e. The van der Waals surface area contributed by atoms with Gasteiger partial charge in [0.05, 0.1) is 12.2 Å². The Hall–Kier alpha value is -3.12. The first kappa shape index (κ1) is 22.6.